The number of nitrogens with one attached hydrogen (secondary N) is 1. The van der Waals surface area contributed by atoms with Gasteiger partial charge in [0.2, 0.25) is 0 Å². The van der Waals surface area contributed by atoms with Gasteiger partial charge < -0.3 is 5.32 Å². The fraction of sp³-hybridized carbons (Fsp3) is 0.429. The molecule has 1 N–H and O–H groups in total. The monoisotopic (exact) mass is 295 g/mol. The van der Waals surface area contributed by atoms with E-state index in [0.717, 1.165) is 34.5 Å². The van der Waals surface area contributed by atoms with Crippen LogP contribution in [0.25, 0.3) is 0 Å². The smallest absolute Gasteiger partial charge is 0.124 e. The Balaban J connectivity index is 1.62. The molecule has 0 aliphatic heterocycles. The molecule has 1 fully saturated rings. The summed E-state index contributed by atoms with van der Waals surface area (Å²) in [5.41, 5.74) is 0.984. The van der Waals surface area contributed by atoms with Crippen molar-refractivity contribution in [1.29, 1.82) is 0 Å². The Morgan fingerprint density at radius 1 is 1.29 bits per heavy atom. The lowest BCUT2D eigenvalue weighted by Gasteiger charge is -2.19. The molecule has 0 radical (unpaired) electrons. The Morgan fingerprint density at radius 2 is 2.18 bits per heavy atom. The summed E-state index contributed by atoms with van der Waals surface area (Å²) >= 11 is 3.38. The van der Waals surface area contributed by atoms with Gasteiger partial charge in [-0.25, -0.2) is 4.39 Å². The first-order valence-electron chi connectivity index (χ1n) is 6.09. The van der Waals surface area contributed by atoms with Gasteiger partial charge in [0.15, 0.2) is 0 Å². The molecule has 2 aliphatic rings. The van der Waals surface area contributed by atoms with Crippen molar-refractivity contribution >= 4 is 21.6 Å². The minimum Gasteiger partial charge on any atom is -0.384 e. The minimum absolute atomic E-state index is 0.203. The van der Waals surface area contributed by atoms with Crippen LogP contribution in [0.5, 0.6) is 0 Å². The SMILES string of the molecule is Fc1ccc(NCC2CC3C=CC2C3)c(Br)c1. The van der Waals surface area contributed by atoms with E-state index in [1.807, 2.05) is 0 Å². The molecular formula is C14H15BrFN. The summed E-state index contributed by atoms with van der Waals surface area (Å²) in [5, 5.41) is 3.42. The van der Waals surface area contributed by atoms with E-state index in [2.05, 4.69) is 33.4 Å². The summed E-state index contributed by atoms with van der Waals surface area (Å²) in [5.74, 6) is 2.10. The highest BCUT2D eigenvalue weighted by atomic mass is 79.9. The topological polar surface area (TPSA) is 12.0 Å². The van der Waals surface area contributed by atoms with Crippen molar-refractivity contribution < 1.29 is 4.39 Å². The summed E-state index contributed by atoms with van der Waals surface area (Å²) in [6.45, 7) is 0.982. The van der Waals surface area contributed by atoms with Crippen molar-refractivity contribution in [2.45, 2.75) is 12.8 Å². The van der Waals surface area contributed by atoms with Crippen LogP contribution in [-0.2, 0) is 0 Å². The summed E-state index contributed by atoms with van der Waals surface area (Å²) in [4.78, 5) is 0. The average Bonchev–Trinajstić information content (AvgIpc) is 2.89. The molecular weight excluding hydrogens is 281 g/mol. The highest BCUT2D eigenvalue weighted by Crippen LogP contribution is 2.43. The first-order valence-corrected chi connectivity index (χ1v) is 6.89. The Labute approximate surface area is 109 Å². The Bertz CT molecular complexity index is 458. The fourth-order valence-electron chi connectivity index (χ4n) is 3.00. The molecule has 0 amide bonds. The van der Waals surface area contributed by atoms with E-state index in [1.165, 1.54) is 25.0 Å². The van der Waals surface area contributed by atoms with Crippen molar-refractivity contribution in [2.75, 3.05) is 11.9 Å². The Morgan fingerprint density at radius 3 is 2.82 bits per heavy atom. The van der Waals surface area contributed by atoms with Gasteiger partial charge in [-0.05, 0) is 64.7 Å². The van der Waals surface area contributed by atoms with Gasteiger partial charge in [0.05, 0.1) is 0 Å². The van der Waals surface area contributed by atoms with Gasteiger partial charge in [-0.2, -0.15) is 0 Å². The summed E-state index contributed by atoms with van der Waals surface area (Å²) < 4.78 is 13.7. The molecule has 0 saturated heterocycles. The number of allylic oxidation sites excluding steroid dienone is 2. The number of hydrogen-bond donors (Lipinski definition) is 1. The number of halogens is 2. The van der Waals surface area contributed by atoms with Gasteiger partial charge in [-0.1, -0.05) is 12.2 Å². The highest BCUT2D eigenvalue weighted by molar-refractivity contribution is 9.10. The van der Waals surface area contributed by atoms with Crippen LogP contribution in [0.1, 0.15) is 12.8 Å². The molecule has 0 heterocycles. The molecule has 1 aromatic rings. The van der Waals surface area contributed by atoms with Gasteiger partial charge in [-0.3, -0.25) is 0 Å². The maximum atomic E-state index is 12.9. The predicted molar refractivity (Wildman–Crippen MR) is 71.4 cm³/mol. The molecule has 3 heteroatoms. The molecule has 2 aliphatic carbocycles. The maximum Gasteiger partial charge on any atom is 0.124 e. The molecule has 1 aromatic carbocycles. The summed E-state index contributed by atoms with van der Waals surface area (Å²) in [6, 6.07) is 4.79. The van der Waals surface area contributed by atoms with E-state index in [1.54, 1.807) is 6.07 Å². The van der Waals surface area contributed by atoms with Gasteiger partial charge in [0.25, 0.3) is 0 Å². The van der Waals surface area contributed by atoms with Crippen molar-refractivity contribution in [3.63, 3.8) is 0 Å². The summed E-state index contributed by atoms with van der Waals surface area (Å²) in [6.07, 6.45) is 7.35. The third-order valence-electron chi connectivity index (χ3n) is 3.90. The molecule has 2 bridgehead atoms. The maximum absolute atomic E-state index is 12.9. The molecule has 0 spiro atoms. The predicted octanol–water partition coefficient (Wildman–Crippen LogP) is 4.21. The summed E-state index contributed by atoms with van der Waals surface area (Å²) in [7, 11) is 0. The van der Waals surface area contributed by atoms with Crippen LogP contribution in [-0.4, -0.2) is 6.54 Å². The lowest BCUT2D eigenvalue weighted by Crippen LogP contribution is -2.18. The van der Waals surface area contributed by atoms with E-state index in [-0.39, 0.29) is 5.82 Å². The first kappa shape index (κ1) is 11.3. The van der Waals surface area contributed by atoms with E-state index < -0.39 is 0 Å². The van der Waals surface area contributed by atoms with E-state index in [9.17, 15) is 4.39 Å². The standard InChI is InChI=1S/C14H15BrFN/c15-13-7-12(16)3-4-14(13)17-8-11-6-9-1-2-10(11)5-9/h1-4,7,9-11,17H,5-6,8H2. The van der Waals surface area contributed by atoms with Crippen LogP contribution in [0.3, 0.4) is 0 Å². The quantitative estimate of drug-likeness (QED) is 0.824. The highest BCUT2D eigenvalue weighted by Gasteiger charge is 2.35. The molecule has 3 atom stereocenters. The van der Waals surface area contributed by atoms with Crippen LogP contribution < -0.4 is 5.32 Å². The molecule has 3 unspecified atom stereocenters. The van der Waals surface area contributed by atoms with Gasteiger partial charge in [-0.15, -0.1) is 0 Å². The number of hydrogen-bond acceptors (Lipinski definition) is 1. The average molecular weight is 296 g/mol. The van der Waals surface area contributed by atoms with Crippen molar-refractivity contribution in [3.8, 4) is 0 Å². The number of rotatable bonds is 3. The zero-order chi connectivity index (χ0) is 11.8. The van der Waals surface area contributed by atoms with Gasteiger partial charge >= 0.3 is 0 Å². The molecule has 1 saturated carbocycles. The largest absolute Gasteiger partial charge is 0.384 e. The normalized spacial score (nSPS) is 29.9. The lowest BCUT2D eigenvalue weighted by atomic mass is 9.93. The number of anilines is 1. The number of benzene rings is 1. The third kappa shape index (κ3) is 2.25. The lowest BCUT2D eigenvalue weighted by molar-refractivity contribution is 0.472. The second-order valence-electron chi connectivity index (χ2n) is 5.05. The third-order valence-corrected chi connectivity index (χ3v) is 4.56. The van der Waals surface area contributed by atoms with Crippen LogP contribution in [0.2, 0.25) is 0 Å². The van der Waals surface area contributed by atoms with Crippen molar-refractivity contribution in [2.24, 2.45) is 17.8 Å². The van der Waals surface area contributed by atoms with Gasteiger partial charge in [0, 0.05) is 16.7 Å². The zero-order valence-corrected chi connectivity index (χ0v) is 11.1. The second kappa shape index (κ2) is 4.45. The fourth-order valence-corrected chi connectivity index (χ4v) is 3.49. The van der Waals surface area contributed by atoms with E-state index >= 15 is 0 Å². The van der Waals surface area contributed by atoms with Crippen LogP contribution in [0, 0.1) is 23.6 Å². The second-order valence-corrected chi connectivity index (χ2v) is 5.90. The zero-order valence-electron chi connectivity index (χ0n) is 9.50. The Hall–Kier alpha value is -0.830. The molecule has 17 heavy (non-hydrogen) atoms. The van der Waals surface area contributed by atoms with Gasteiger partial charge in [0.1, 0.15) is 5.82 Å². The molecule has 90 valence electrons. The van der Waals surface area contributed by atoms with Crippen molar-refractivity contribution in [3.05, 3.63) is 40.6 Å². The molecule has 3 rings (SSSR count). The van der Waals surface area contributed by atoms with Crippen molar-refractivity contribution in [1.82, 2.24) is 0 Å². The minimum atomic E-state index is -0.203. The van der Waals surface area contributed by atoms with E-state index in [4.69, 9.17) is 0 Å². The van der Waals surface area contributed by atoms with Crippen LogP contribution in [0.15, 0.2) is 34.8 Å². The Kier molecular flexibility index (Phi) is 2.95. The van der Waals surface area contributed by atoms with Crippen LogP contribution >= 0.6 is 15.9 Å². The molecule has 1 nitrogen and oxygen atoms in total. The van der Waals surface area contributed by atoms with E-state index in [0.29, 0.717) is 0 Å². The molecule has 0 aromatic heterocycles. The number of fused-ring (bicyclic) bond motifs is 2. The first-order chi connectivity index (χ1) is 8.22. The van der Waals surface area contributed by atoms with Crippen LogP contribution in [0.4, 0.5) is 10.1 Å².